The first-order valence-electron chi connectivity index (χ1n) is 11.4. The summed E-state index contributed by atoms with van der Waals surface area (Å²) in [5, 5.41) is -0.292. The van der Waals surface area contributed by atoms with Crippen LogP contribution in [0.15, 0.2) is 89.6 Å². The molecule has 0 radical (unpaired) electrons. The van der Waals surface area contributed by atoms with Crippen LogP contribution < -0.4 is 9.80 Å². The van der Waals surface area contributed by atoms with Gasteiger partial charge in [-0.15, -0.1) is 0 Å². The summed E-state index contributed by atoms with van der Waals surface area (Å²) in [4.78, 5) is 30.3. The van der Waals surface area contributed by atoms with Crippen molar-refractivity contribution in [3.05, 3.63) is 112 Å². The van der Waals surface area contributed by atoms with E-state index < -0.39 is 17.6 Å². The van der Waals surface area contributed by atoms with Crippen LogP contribution in [0.1, 0.15) is 17.2 Å². The smallest absolute Gasteiger partial charge is 0.283 e. The standard InChI is InChI=1S/C27H22Cl2FN3O2/c28-21-17-20(11-12-22(21)30)33-26(34)23(29)25(27(33)35)32-15-13-31(14-16-32)24(18-7-3-1-4-8-18)19-9-5-2-6-10-19/h1-12,17,24H,13-16H2/p+1. The second-order valence-corrected chi connectivity index (χ2v) is 9.39. The quantitative estimate of drug-likeness (QED) is 0.531. The Balaban J connectivity index is 1.36. The average Bonchev–Trinajstić information content (AvgIpc) is 3.11. The number of nitrogens with zero attached hydrogens (tertiary/aromatic N) is 2. The number of amides is 2. The van der Waals surface area contributed by atoms with Gasteiger partial charge in [-0.05, 0) is 18.2 Å². The number of piperazine rings is 1. The van der Waals surface area contributed by atoms with Crippen LogP contribution in [-0.2, 0) is 9.59 Å². The van der Waals surface area contributed by atoms with E-state index in [-0.39, 0.29) is 27.5 Å². The first kappa shape index (κ1) is 23.5. The van der Waals surface area contributed by atoms with Gasteiger partial charge in [0, 0.05) is 11.1 Å². The SMILES string of the molecule is O=C1C(Cl)=C(N2CC[NH+](C(c3ccccc3)c3ccccc3)CC2)C(=O)N1c1ccc(F)c(Cl)c1. The molecule has 1 N–H and O–H groups in total. The average molecular weight is 511 g/mol. The minimum absolute atomic E-state index is 0.124. The van der Waals surface area contributed by atoms with Crippen LogP contribution in [0.4, 0.5) is 10.1 Å². The van der Waals surface area contributed by atoms with E-state index in [1.165, 1.54) is 28.2 Å². The zero-order valence-corrected chi connectivity index (χ0v) is 20.3. The van der Waals surface area contributed by atoms with Crippen molar-refractivity contribution in [1.29, 1.82) is 0 Å². The van der Waals surface area contributed by atoms with E-state index in [2.05, 4.69) is 24.3 Å². The van der Waals surface area contributed by atoms with Gasteiger partial charge in [0.2, 0.25) is 0 Å². The highest BCUT2D eigenvalue weighted by molar-refractivity contribution is 6.52. The molecule has 5 rings (SSSR count). The molecule has 3 aromatic carbocycles. The largest absolute Gasteiger partial charge is 0.354 e. The summed E-state index contributed by atoms with van der Waals surface area (Å²) in [7, 11) is 0. The fraction of sp³-hybridized carbons (Fsp3) is 0.185. The van der Waals surface area contributed by atoms with E-state index in [9.17, 15) is 14.0 Å². The summed E-state index contributed by atoms with van der Waals surface area (Å²) in [5.41, 5.74) is 2.83. The zero-order chi connectivity index (χ0) is 24.5. The highest BCUT2D eigenvalue weighted by Gasteiger charge is 2.43. The van der Waals surface area contributed by atoms with Crippen molar-refractivity contribution in [2.45, 2.75) is 6.04 Å². The molecular formula is C27H23Cl2FN3O2+. The first-order chi connectivity index (χ1) is 17.0. The fourth-order valence-corrected chi connectivity index (χ4v) is 5.34. The second-order valence-electron chi connectivity index (χ2n) is 8.61. The van der Waals surface area contributed by atoms with Crippen molar-refractivity contribution in [2.24, 2.45) is 0 Å². The van der Waals surface area contributed by atoms with Crippen LogP contribution in [0.2, 0.25) is 5.02 Å². The predicted molar refractivity (Wildman–Crippen MR) is 134 cm³/mol. The van der Waals surface area contributed by atoms with Crippen molar-refractivity contribution in [3.8, 4) is 0 Å². The van der Waals surface area contributed by atoms with E-state index in [4.69, 9.17) is 23.2 Å². The van der Waals surface area contributed by atoms with E-state index >= 15 is 0 Å². The lowest BCUT2D eigenvalue weighted by Crippen LogP contribution is -3.15. The number of halogens is 3. The molecule has 35 heavy (non-hydrogen) atoms. The summed E-state index contributed by atoms with van der Waals surface area (Å²) in [6.07, 6.45) is 0. The van der Waals surface area contributed by atoms with Gasteiger partial charge in [0.05, 0.1) is 36.9 Å². The number of benzene rings is 3. The lowest BCUT2D eigenvalue weighted by Gasteiger charge is -2.38. The van der Waals surface area contributed by atoms with Crippen molar-refractivity contribution in [1.82, 2.24) is 4.90 Å². The van der Waals surface area contributed by atoms with Crippen LogP contribution in [-0.4, -0.2) is 42.9 Å². The molecule has 2 amide bonds. The molecule has 2 aliphatic rings. The van der Waals surface area contributed by atoms with Gasteiger partial charge in [-0.25, -0.2) is 9.29 Å². The first-order valence-corrected chi connectivity index (χ1v) is 12.1. The molecule has 0 unspecified atom stereocenters. The zero-order valence-electron chi connectivity index (χ0n) is 18.8. The van der Waals surface area contributed by atoms with Crippen molar-refractivity contribution in [3.63, 3.8) is 0 Å². The Morgan fingerprint density at radius 3 is 1.91 bits per heavy atom. The topological polar surface area (TPSA) is 45.1 Å². The van der Waals surface area contributed by atoms with E-state index in [1.807, 2.05) is 41.3 Å². The minimum atomic E-state index is -0.629. The maximum Gasteiger partial charge on any atom is 0.283 e. The molecule has 0 saturated carbocycles. The van der Waals surface area contributed by atoms with Crippen molar-refractivity contribution >= 4 is 40.7 Å². The summed E-state index contributed by atoms with van der Waals surface area (Å²) in [5.74, 6) is -1.77. The van der Waals surface area contributed by atoms with E-state index in [0.717, 1.165) is 24.1 Å². The summed E-state index contributed by atoms with van der Waals surface area (Å²) in [6, 6.07) is 24.6. The third-order valence-corrected chi connectivity index (χ3v) is 7.19. The van der Waals surface area contributed by atoms with Crippen molar-refractivity contribution < 1.29 is 18.9 Å². The molecule has 2 aliphatic heterocycles. The lowest BCUT2D eigenvalue weighted by molar-refractivity contribution is -0.929. The van der Waals surface area contributed by atoms with Gasteiger partial charge >= 0.3 is 0 Å². The molecule has 2 heterocycles. The predicted octanol–water partition coefficient (Wildman–Crippen LogP) is 3.79. The van der Waals surface area contributed by atoms with Crippen LogP contribution in [0, 0.1) is 5.82 Å². The minimum Gasteiger partial charge on any atom is -0.354 e. The molecule has 0 aliphatic carbocycles. The Labute approximate surface area is 213 Å². The highest BCUT2D eigenvalue weighted by atomic mass is 35.5. The maximum atomic E-state index is 13.6. The number of nitrogens with one attached hydrogen (secondary N) is 1. The Hall–Kier alpha value is -3.19. The molecular weight excluding hydrogens is 488 g/mol. The summed E-state index contributed by atoms with van der Waals surface area (Å²) in [6.45, 7) is 2.64. The van der Waals surface area contributed by atoms with Gasteiger partial charge in [0.25, 0.3) is 11.8 Å². The number of anilines is 1. The van der Waals surface area contributed by atoms with E-state index in [1.54, 1.807) is 0 Å². The number of quaternary nitrogens is 1. The Kier molecular flexibility index (Phi) is 6.60. The number of carbonyl (C=O) groups is 2. The Morgan fingerprint density at radius 2 is 1.37 bits per heavy atom. The van der Waals surface area contributed by atoms with Gasteiger partial charge in [-0.1, -0.05) is 83.9 Å². The number of rotatable bonds is 5. The fourth-order valence-electron chi connectivity index (χ4n) is 4.89. The van der Waals surface area contributed by atoms with Crippen molar-refractivity contribution in [2.75, 3.05) is 31.1 Å². The lowest BCUT2D eigenvalue weighted by atomic mass is 9.96. The van der Waals surface area contributed by atoms with Gasteiger partial charge in [-0.3, -0.25) is 9.59 Å². The molecule has 1 saturated heterocycles. The highest BCUT2D eigenvalue weighted by Crippen LogP contribution is 2.33. The van der Waals surface area contributed by atoms with Crippen LogP contribution in [0.25, 0.3) is 0 Å². The van der Waals surface area contributed by atoms with Gasteiger partial charge in [0.15, 0.2) is 0 Å². The second kappa shape index (κ2) is 9.82. The Morgan fingerprint density at radius 1 is 0.800 bits per heavy atom. The van der Waals surface area contributed by atoms with Gasteiger partial charge in [-0.2, -0.15) is 0 Å². The molecule has 0 aromatic heterocycles. The van der Waals surface area contributed by atoms with Crippen LogP contribution in [0.3, 0.4) is 0 Å². The van der Waals surface area contributed by atoms with Crippen LogP contribution in [0.5, 0.6) is 0 Å². The molecule has 8 heteroatoms. The summed E-state index contributed by atoms with van der Waals surface area (Å²) < 4.78 is 13.6. The molecule has 0 atom stereocenters. The molecule has 178 valence electrons. The number of hydrogen-bond acceptors (Lipinski definition) is 3. The number of imide groups is 1. The number of hydrogen-bond donors (Lipinski definition) is 1. The molecule has 1 fully saturated rings. The third-order valence-electron chi connectivity index (χ3n) is 6.56. The molecule has 5 nitrogen and oxygen atoms in total. The maximum absolute atomic E-state index is 13.6. The molecule has 0 bridgehead atoms. The number of carbonyl (C=O) groups excluding carboxylic acids is 2. The van der Waals surface area contributed by atoms with Crippen LogP contribution >= 0.6 is 23.2 Å². The van der Waals surface area contributed by atoms with E-state index in [0.29, 0.717) is 13.1 Å². The summed E-state index contributed by atoms with van der Waals surface area (Å²) >= 11 is 12.2. The van der Waals surface area contributed by atoms with Gasteiger partial charge < -0.3 is 9.80 Å². The monoisotopic (exact) mass is 510 g/mol. The Bertz CT molecular complexity index is 1250. The third kappa shape index (κ3) is 4.45. The normalized spacial score (nSPS) is 17.1. The van der Waals surface area contributed by atoms with Gasteiger partial charge in [0.1, 0.15) is 22.6 Å². The molecule has 0 spiro atoms. The molecule has 3 aromatic rings.